The van der Waals surface area contributed by atoms with Crippen LogP contribution in [0, 0.1) is 30.2 Å². The summed E-state index contributed by atoms with van der Waals surface area (Å²) in [6, 6.07) is 21.4. The molecule has 3 nitrogen and oxygen atoms in total. The number of hydrogen-bond donors (Lipinski definition) is 1. The van der Waals surface area contributed by atoms with Gasteiger partial charge in [-0.25, -0.2) is 0 Å². The number of aromatic nitrogens is 1. The summed E-state index contributed by atoms with van der Waals surface area (Å²) in [7, 11) is 0. The zero-order valence-corrected chi connectivity index (χ0v) is 34.7. The van der Waals surface area contributed by atoms with E-state index in [4.69, 9.17) is 4.98 Å². The number of ketones is 1. The summed E-state index contributed by atoms with van der Waals surface area (Å²) >= 11 is 1.89. The molecule has 0 bridgehead atoms. The summed E-state index contributed by atoms with van der Waals surface area (Å²) in [6.07, 6.45) is 7.95. The Labute approximate surface area is 313 Å². The summed E-state index contributed by atoms with van der Waals surface area (Å²) in [4.78, 5) is 16.6. The maximum atomic E-state index is 11.7. The molecule has 0 amide bonds. The van der Waals surface area contributed by atoms with Crippen LogP contribution in [0.3, 0.4) is 0 Å². The summed E-state index contributed by atoms with van der Waals surface area (Å²) in [5, 5.41) is 14.8. The van der Waals surface area contributed by atoms with Crippen LogP contribution in [0.5, 0.6) is 0 Å². The van der Waals surface area contributed by atoms with E-state index < -0.39 is 0 Å². The Morgan fingerprint density at radius 2 is 1.47 bits per heavy atom. The number of benzene rings is 3. The number of hydrogen-bond acceptors (Lipinski definition) is 4. The molecule has 0 saturated heterocycles. The van der Waals surface area contributed by atoms with Gasteiger partial charge >= 0.3 is 0 Å². The molecular weight excluding hydrogens is 799 g/mol. The zero-order valence-electron chi connectivity index (χ0n) is 31.5. The number of carbonyl (C=O) groups excluding carboxylic acids is 1. The van der Waals surface area contributed by atoms with Crippen LogP contribution in [-0.2, 0) is 36.7 Å². The van der Waals surface area contributed by atoms with Crippen molar-refractivity contribution in [3.63, 3.8) is 0 Å². The first-order valence-corrected chi connectivity index (χ1v) is 18.6. The molecule has 2 aromatic heterocycles. The van der Waals surface area contributed by atoms with E-state index in [0.717, 1.165) is 48.7 Å². The Hall–Kier alpha value is -2.85. The van der Waals surface area contributed by atoms with Gasteiger partial charge in [-0.15, -0.1) is 40.5 Å². The van der Waals surface area contributed by atoms with Crippen molar-refractivity contribution < 1.29 is 30.0 Å². The van der Waals surface area contributed by atoms with Crippen LogP contribution in [0.4, 0.5) is 0 Å². The van der Waals surface area contributed by atoms with Gasteiger partial charge in [0.25, 0.3) is 0 Å². The average molecular weight is 855 g/mol. The standard InChI is InChI=1S/C31H32NS.C13H24O2.Ir/c1-19-21(18-30(2,3)4)12-13-24-25-14-15-32-27(29(25)33-28(19)24)22-16-20-10-8-9-11-23(20)26(17-22)31(5,6)7;1-5-10(6-2)12(14)9-13(15)11(7-3)8-4;/h8-15,17H,18H2,1-7H3;9-11,14H,5-8H2,1-4H3;/q-1;;/b;12-9-;. The maximum absolute atomic E-state index is 11.7. The zero-order chi connectivity index (χ0) is 35.4. The first kappa shape index (κ1) is 40.6. The molecule has 5 aromatic rings. The minimum absolute atomic E-state index is 0. The summed E-state index contributed by atoms with van der Waals surface area (Å²) < 4.78 is 2.65. The number of fused-ring (bicyclic) bond motifs is 4. The molecule has 265 valence electrons. The molecule has 1 radical (unpaired) electrons. The van der Waals surface area contributed by atoms with Gasteiger partial charge in [-0.2, -0.15) is 0 Å². The Kier molecular flexibility index (Phi) is 14.0. The van der Waals surface area contributed by atoms with E-state index in [1.165, 1.54) is 48.3 Å². The van der Waals surface area contributed by atoms with Crippen molar-refractivity contribution in [2.75, 3.05) is 0 Å². The summed E-state index contributed by atoms with van der Waals surface area (Å²) in [6.45, 7) is 24.1. The number of nitrogens with zero attached hydrogens (tertiary/aromatic N) is 1. The van der Waals surface area contributed by atoms with Gasteiger partial charge in [-0.05, 0) is 72.4 Å². The second-order valence-electron chi connectivity index (χ2n) is 15.5. The van der Waals surface area contributed by atoms with E-state index in [0.29, 0.717) is 0 Å². The number of rotatable bonds is 9. The first-order chi connectivity index (χ1) is 22.6. The van der Waals surface area contributed by atoms with Crippen LogP contribution in [0.15, 0.2) is 66.6 Å². The number of thiophene rings is 1. The number of pyridine rings is 1. The molecule has 0 aliphatic heterocycles. The topological polar surface area (TPSA) is 50.2 Å². The normalized spacial score (nSPS) is 12.5. The average Bonchev–Trinajstić information content (AvgIpc) is 3.42. The molecule has 0 atom stereocenters. The molecule has 2 heterocycles. The molecule has 5 heteroatoms. The van der Waals surface area contributed by atoms with Crippen LogP contribution in [0.1, 0.15) is 112 Å². The van der Waals surface area contributed by atoms with Crippen molar-refractivity contribution >= 4 is 48.1 Å². The molecule has 3 aromatic carbocycles. The van der Waals surface area contributed by atoms with Gasteiger partial charge < -0.3 is 5.11 Å². The van der Waals surface area contributed by atoms with Crippen LogP contribution in [0.2, 0.25) is 0 Å². The fraction of sp³-hybridized carbons (Fsp3) is 0.455. The third-order valence-electron chi connectivity index (χ3n) is 9.56. The molecule has 0 aliphatic rings. The predicted octanol–water partition coefficient (Wildman–Crippen LogP) is 13.1. The van der Waals surface area contributed by atoms with Crippen molar-refractivity contribution in [3.8, 4) is 11.3 Å². The van der Waals surface area contributed by atoms with Crippen molar-refractivity contribution in [1.29, 1.82) is 0 Å². The minimum Gasteiger partial charge on any atom is -0.512 e. The SMILES string of the molecule is CCC(CC)C(=O)/C=C(\O)C(CC)CC.Cc1c(CC(C)(C)C)ccc2c1sc1c(-c3[c-]c4ccccc4c(C(C)(C)C)c3)nccc12.[Ir]. The van der Waals surface area contributed by atoms with Crippen molar-refractivity contribution in [2.24, 2.45) is 17.3 Å². The van der Waals surface area contributed by atoms with Gasteiger partial charge in [0, 0.05) is 64.7 Å². The third-order valence-corrected chi connectivity index (χ3v) is 10.9. The van der Waals surface area contributed by atoms with Gasteiger partial charge in [-0.3, -0.25) is 9.78 Å². The van der Waals surface area contributed by atoms with Gasteiger partial charge in [0.05, 0.1) is 5.76 Å². The van der Waals surface area contributed by atoms with E-state index >= 15 is 0 Å². The Morgan fingerprint density at radius 1 is 0.857 bits per heavy atom. The Morgan fingerprint density at radius 3 is 2.06 bits per heavy atom. The van der Waals surface area contributed by atoms with E-state index in [2.05, 4.69) is 103 Å². The number of carbonyl (C=O) groups is 1. The smallest absolute Gasteiger partial charge is 0.162 e. The van der Waals surface area contributed by atoms with E-state index in [-0.39, 0.29) is 54.3 Å². The monoisotopic (exact) mass is 855 g/mol. The molecular formula is C44H56IrNO2S-. The first-order valence-electron chi connectivity index (χ1n) is 17.8. The second kappa shape index (κ2) is 16.9. The predicted molar refractivity (Wildman–Crippen MR) is 209 cm³/mol. The van der Waals surface area contributed by atoms with Crippen LogP contribution in [0.25, 0.3) is 42.2 Å². The van der Waals surface area contributed by atoms with Crippen molar-refractivity contribution in [3.05, 3.63) is 89.3 Å². The Balaban J connectivity index is 0.000000347. The summed E-state index contributed by atoms with van der Waals surface area (Å²) in [5.41, 5.74) is 6.64. The number of allylic oxidation sites excluding steroid dienone is 2. The molecule has 0 saturated carbocycles. The largest absolute Gasteiger partial charge is 0.512 e. The molecule has 0 aliphatic carbocycles. The van der Waals surface area contributed by atoms with E-state index in [9.17, 15) is 9.90 Å². The van der Waals surface area contributed by atoms with E-state index in [1.54, 1.807) is 0 Å². The van der Waals surface area contributed by atoms with Crippen LogP contribution < -0.4 is 0 Å². The van der Waals surface area contributed by atoms with Gasteiger partial charge in [0.1, 0.15) is 0 Å². The molecule has 0 unspecified atom stereocenters. The molecule has 5 rings (SSSR count). The molecule has 0 fully saturated rings. The van der Waals surface area contributed by atoms with Crippen LogP contribution >= 0.6 is 11.3 Å². The van der Waals surface area contributed by atoms with Gasteiger partial charge in [0.2, 0.25) is 0 Å². The van der Waals surface area contributed by atoms with Crippen LogP contribution in [-0.4, -0.2) is 15.9 Å². The summed E-state index contributed by atoms with van der Waals surface area (Å²) in [5.74, 6) is 0.547. The van der Waals surface area contributed by atoms with E-state index in [1.807, 2.05) is 45.2 Å². The van der Waals surface area contributed by atoms with Gasteiger partial charge in [-0.1, -0.05) is 111 Å². The third kappa shape index (κ3) is 9.48. The fourth-order valence-corrected chi connectivity index (χ4v) is 7.98. The van der Waals surface area contributed by atoms with Crippen molar-refractivity contribution in [1.82, 2.24) is 4.98 Å². The van der Waals surface area contributed by atoms with Crippen molar-refractivity contribution in [2.45, 2.75) is 114 Å². The second-order valence-corrected chi connectivity index (χ2v) is 16.5. The quantitative estimate of drug-likeness (QED) is 0.0913. The molecule has 0 spiro atoms. The Bertz CT molecular complexity index is 1910. The minimum atomic E-state index is 0. The van der Waals surface area contributed by atoms with Gasteiger partial charge in [0.15, 0.2) is 5.78 Å². The number of aryl methyl sites for hydroxylation is 1. The fourth-order valence-electron chi connectivity index (χ4n) is 6.65. The number of aliphatic hydroxyl groups is 1. The number of aliphatic hydroxyl groups excluding tert-OH is 1. The maximum Gasteiger partial charge on any atom is 0.162 e. The molecule has 49 heavy (non-hydrogen) atoms. The molecule has 1 N–H and O–H groups in total.